The number of H-pyrrole nitrogens is 1. The smallest absolute Gasteiger partial charge is 0.422 e. The number of aromatic amines is 1. The van der Waals surface area contributed by atoms with Crippen molar-refractivity contribution in [2.45, 2.75) is 19.1 Å². The highest BCUT2D eigenvalue weighted by atomic mass is 35.5. The van der Waals surface area contributed by atoms with Gasteiger partial charge in [-0.2, -0.15) is 13.2 Å². The Labute approximate surface area is 202 Å². The lowest BCUT2D eigenvalue weighted by Crippen LogP contribution is -2.44. The number of aromatic nitrogens is 2. The third-order valence-corrected chi connectivity index (χ3v) is 5.23. The Morgan fingerprint density at radius 1 is 1.37 bits per heavy atom. The predicted octanol–water partition coefficient (Wildman–Crippen LogP) is 4.30. The fraction of sp³-hybridized carbons (Fsp3) is 0.227. The number of nitrogens with zero attached hydrogens (tertiary/aromatic N) is 2. The lowest BCUT2D eigenvalue weighted by molar-refractivity contribution is -0.154. The van der Waals surface area contributed by atoms with E-state index in [9.17, 15) is 18.0 Å². The highest BCUT2D eigenvalue weighted by molar-refractivity contribution is 6.31. The van der Waals surface area contributed by atoms with E-state index in [2.05, 4.69) is 20.0 Å². The number of carbonyl (C=O) groups is 1. The van der Waals surface area contributed by atoms with Gasteiger partial charge in [0.1, 0.15) is 22.4 Å². The highest BCUT2D eigenvalue weighted by Crippen LogP contribution is 2.29. The number of fused-ring (bicyclic) bond motifs is 1. The first kappa shape index (κ1) is 25.7. The number of aliphatic carboxylic acids is 1. The van der Waals surface area contributed by atoms with Gasteiger partial charge in [-0.3, -0.25) is 5.41 Å². The largest absolute Gasteiger partial charge is 0.477 e. The number of benzene rings is 1. The molecular formula is C22H22ClF3N6O3. The van der Waals surface area contributed by atoms with Crippen molar-refractivity contribution in [2.75, 3.05) is 19.0 Å². The van der Waals surface area contributed by atoms with Crippen molar-refractivity contribution in [3.8, 4) is 5.88 Å². The minimum Gasteiger partial charge on any atom is -0.477 e. The summed E-state index contributed by atoms with van der Waals surface area (Å²) in [6, 6.07) is 10.9. The van der Waals surface area contributed by atoms with E-state index in [1.807, 2.05) is 30.3 Å². The van der Waals surface area contributed by atoms with Crippen LogP contribution in [0.2, 0.25) is 5.02 Å². The van der Waals surface area contributed by atoms with Crippen molar-refractivity contribution < 1.29 is 27.8 Å². The number of hydrogen-bond acceptors (Lipinski definition) is 6. The van der Waals surface area contributed by atoms with Gasteiger partial charge >= 0.3 is 12.1 Å². The lowest BCUT2D eigenvalue weighted by atomic mass is 10.1. The Morgan fingerprint density at radius 2 is 2.09 bits per heavy atom. The number of hydrogen-bond donors (Lipinski definition) is 5. The maximum Gasteiger partial charge on any atom is 0.422 e. The molecule has 3 heterocycles. The van der Waals surface area contributed by atoms with Gasteiger partial charge in [0.2, 0.25) is 5.88 Å². The summed E-state index contributed by atoms with van der Waals surface area (Å²) in [6.45, 7) is 0.291. The van der Waals surface area contributed by atoms with Crippen LogP contribution in [0.25, 0.3) is 10.9 Å². The Hall–Kier alpha value is -3.93. The zero-order chi connectivity index (χ0) is 25.8. The molecule has 0 amide bonds. The average molecular weight is 511 g/mol. The summed E-state index contributed by atoms with van der Waals surface area (Å²) in [5, 5.41) is 20.6. The first-order chi connectivity index (χ1) is 16.4. The van der Waals surface area contributed by atoms with Crippen LogP contribution in [-0.4, -0.2) is 51.2 Å². The maximum atomic E-state index is 12.2. The molecule has 186 valence electrons. The van der Waals surface area contributed by atoms with E-state index in [4.69, 9.17) is 27.9 Å². The van der Waals surface area contributed by atoms with Gasteiger partial charge in [0.25, 0.3) is 0 Å². The average Bonchev–Trinajstić information content (AvgIpc) is 3.17. The first-order valence-electron chi connectivity index (χ1n) is 10.2. The van der Waals surface area contributed by atoms with Crippen LogP contribution in [0.3, 0.4) is 0 Å². The molecule has 13 heteroatoms. The number of rotatable bonds is 5. The van der Waals surface area contributed by atoms with Crippen LogP contribution < -0.4 is 15.8 Å². The molecule has 0 saturated heterocycles. The molecule has 1 aromatic carbocycles. The third-order valence-electron chi connectivity index (χ3n) is 4.96. The van der Waals surface area contributed by atoms with Crippen molar-refractivity contribution in [1.29, 1.82) is 5.41 Å². The van der Waals surface area contributed by atoms with Crippen molar-refractivity contribution in [3.05, 3.63) is 65.0 Å². The normalized spacial score (nSPS) is 14.5. The summed E-state index contributed by atoms with van der Waals surface area (Å²) in [5.41, 5.74) is 7.07. The SMILES string of the molecule is CC(c1cnc(OCC(F)(F)F)c(Cl)c1)N1CNC(C(=O)O)=CC1=N.Nc1cc2ccccc2[nH]1. The predicted molar refractivity (Wildman–Crippen MR) is 125 cm³/mol. The van der Waals surface area contributed by atoms with Gasteiger partial charge in [-0.05, 0) is 30.7 Å². The maximum absolute atomic E-state index is 12.2. The number of nitrogens with two attached hydrogens (primary N) is 1. The van der Waals surface area contributed by atoms with Crippen molar-refractivity contribution in [1.82, 2.24) is 20.2 Å². The molecular weight excluding hydrogens is 489 g/mol. The summed E-state index contributed by atoms with van der Waals surface area (Å²) in [6.07, 6.45) is -2.04. The second-order valence-electron chi connectivity index (χ2n) is 7.50. The van der Waals surface area contributed by atoms with Crippen LogP contribution in [0.5, 0.6) is 5.88 Å². The summed E-state index contributed by atoms with van der Waals surface area (Å²) >= 11 is 5.91. The number of amidine groups is 1. The molecule has 2 aromatic heterocycles. The molecule has 1 aliphatic rings. The lowest BCUT2D eigenvalue weighted by Gasteiger charge is -2.34. The minimum atomic E-state index is -4.50. The molecule has 0 bridgehead atoms. The Kier molecular flexibility index (Phi) is 7.75. The molecule has 1 atom stereocenters. The zero-order valence-electron chi connectivity index (χ0n) is 18.4. The standard InChI is InChI=1S/C14H14ClF3N4O3.C8H8N2/c1-7(22-6-21-10(13(23)24)3-11(22)19)8-2-9(15)12(20-4-8)25-5-14(16,17)18;9-8-5-6-3-1-2-4-7(6)10-8/h2-4,7,19,21H,5-6H2,1H3,(H,23,24);1-5,10H,9H2. The Balaban J connectivity index is 0.000000281. The van der Waals surface area contributed by atoms with E-state index in [0.29, 0.717) is 5.56 Å². The van der Waals surface area contributed by atoms with Crippen molar-refractivity contribution in [2.24, 2.45) is 0 Å². The van der Waals surface area contributed by atoms with Gasteiger partial charge in [-0.25, -0.2) is 9.78 Å². The summed E-state index contributed by atoms with van der Waals surface area (Å²) in [5.74, 6) is -0.818. The third kappa shape index (κ3) is 6.79. The van der Waals surface area contributed by atoms with E-state index in [1.54, 1.807) is 6.92 Å². The van der Waals surface area contributed by atoms with E-state index in [1.165, 1.54) is 22.5 Å². The number of nitrogens with one attached hydrogen (secondary N) is 3. The van der Waals surface area contributed by atoms with Crippen LogP contribution in [0, 0.1) is 5.41 Å². The van der Waals surface area contributed by atoms with E-state index in [-0.39, 0.29) is 29.1 Å². The summed E-state index contributed by atoms with van der Waals surface area (Å²) in [7, 11) is 0. The summed E-state index contributed by atoms with van der Waals surface area (Å²) in [4.78, 5) is 19.3. The Morgan fingerprint density at radius 3 is 2.69 bits per heavy atom. The highest BCUT2D eigenvalue weighted by Gasteiger charge is 2.29. The van der Waals surface area contributed by atoms with Gasteiger partial charge in [0.05, 0.1) is 12.7 Å². The van der Waals surface area contributed by atoms with Crippen LogP contribution in [0.15, 0.2) is 54.4 Å². The second-order valence-corrected chi connectivity index (χ2v) is 7.91. The molecule has 1 aliphatic heterocycles. The molecule has 0 fully saturated rings. The number of carboxylic acids is 1. The molecule has 6 N–H and O–H groups in total. The van der Waals surface area contributed by atoms with Gasteiger partial charge in [0, 0.05) is 23.2 Å². The second kappa shape index (κ2) is 10.6. The molecule has 3 aromatic rings. The van der Waals surface area contributed by atoms with E-state index in [0.717, 1.165) is 17.4 Å². The zero-order valence-corrected chi connectivity index (χ0v) is 19.1. The van der Waals surface area contributed by atoms with Crippen LogP contribution in [-0.2, 0) is 4.79 Å². The molecule has 9 nitrogen and oxygen atoms in total. The van der Waals surface area contributed by atoms with Crippen molar-refractivity contribution >= 4 is 40.1 Å². The molecule has 0 spiro atoms. The number of pyridine rings is 1. The molecule has 0 radical (unpaired) electrons. The number of ether oxygens (including phenoxy) is 1. The van der Waals surface area contributed by atoms with Gasteiger partial charge in [-0.15, -0.1) is 0 Å². The quantitative estimate of drug-likeness (QED) is 0.345. The number of anilines is 1. The van der Waals surface area contributed by atoms with Crippen molar-refractivity contribution in [3.63, 3.8) is 0 Å². The molecule has 35 heavy (non-hydrogen) atoms. The molecule has 1 unspecified atom stereocenters. The molecule has 0 aliphatic carbocycles. The molecule has 4 rings (SSSR count). The van der Waals surface area contributed by atoms with Gasteiger partial charge < -0.3 is 30.8 Å². The number of halogens is 4. The number of alkyl halides is 3. The monoisotopic (exact) mass is 510 g/mol. The fourth-order valence-electron chi connectivity index (χ4n) is 3.21. The minimum absolute atomic E-state index is 0.0304. The van der Waals surface area contributed by atoms with Crippen LogP contribution >= 0.6 is 11.6 Å². The van der Waals surface area contributed by atoms with Crippen LogP contribution in [0.4, 0.5) is 19.0 Å². The summed E-state index contributed by atoms with van der Waals surface area (Å²) < 4.78 is 41.1. The number of carboxylic acid groups (broad SMARTS) is 1. The van der Waals surface area contributed by atoms with E-state index < -0.39 is 24.8 Å². The topological polar surface area (TPSA) is 140 Å². The van der Waals surface area contributed by atoms with Gasteiger partial charge in [0.15, 0.2) is 6.61 Å². The van der Waals surface area contributed by atoms with Crippen LogP contribution in [0.1, 0.15) is 18.5 Å². The molecule has 0 saturated carbocycles. The first-order valence-corrected chi connectivity index (χ1v) is 10.5. The van der Waals surface area contributed by atoms with Gasteiger partial charge in [-0.1, -0.05) is 29.8 Å². The van der Waals surface area contributed by atoms with E-state index >= 15 is 0 Å². The fourth-order valence-corrected chi connectivity index (χ4v) is 3.44. The number of nitrogen functional groups attached to an aromatic ring is 1. The Bertz CT molecular complexity index is 1230. The number of para-hydroxylation sites is 1.